The van der Waals surface area contributed by atoms with Gasteiger partial charge in [-0.25, -0.2) is 0 Å². The maximum Gasteiger partial charge on any atom is 1.00 e. The van der Waals surface area contributed by atoms with Crippen LogP contribution in [0.25, 0.3) is 0 Å². The van der Waals surface area contributed by atoms with Crippen LogP contribution in [0.4, 0.5) is 0 Å². The van der Waals surface area contributed by atoms with Gasteiger partial charge in [0.25, 0.3) is 6.47 Å². The zero-order valence-electron chi connectivity index (χ0n) is 81.7. The van der Waals surface area contributed by atoms with Crippen molar-refractivity contribution >= 4 is 45.4 Å². The number of aryl methyl sites for hydroxylation is 4. The molecule has 32 heteroatoms. The minimum Gasteiger partial charge on any atom is -1.00 e. The molecule has 13 rings (SSSR count). The number of carbonyl (C=O) groups excluding carboxylic acids is 1. The van der Waals surface area contributed by atoms with Crippen LogP contribution in [-0.2, 0) is 59.4 Å². The third-order valence-corrected chi connectivity index (χ3v) is 20.0. The summed E-state index contributed by atoms with van der Waals surface area (Å²) in [5.41, 5.74) is 29.2. The van der Waals surface area contributed by atoms with E-state index in [4.69, 9.17) is 130 Å². The molecule has 2 heterocycles. The third-order valence-electron chi connectivity index (χ3n) is 19.4. The molecule has 0 amide bonds. The predicted molar refractivity (Wildman–Crippen MR) is 523 cm³/mol. The molecule has 0 aliphatic carbocycles. The molecule has 0 aromatic heterocycles. The first-order chi connectivity index (χ1) is 65.3. The van der Waals surface area contributed by atoms with Gasteiger partial charge in [0.1, 0.15) is 56.9 Å². The van der Waals surface area contributed by atoms with Crippen LogP contribution in [0.5, 0.6) is 86.2 Å². The first kappa shape index (κ1) is 118. The van der Waals surface area contributed by atoms with Crippen molar-refractivity contribution in [2.24, 2.45) is 21.5 Å². The Kier molecular flexibility index (Phi) is 56.1. The second-order valence-electron chi connectivity index (χ2n) is 29.8. The summed E-state index contributed by atoms with van der Waals surface area (Å²) in [7, 11) is 11.2. The monoisotopic (exact) mass is 1980 g/mol. The minimum atomic E-state index is -0.181. The van der Waals surface area contributed by atoms with E-state index >= 15 is 0 Å². The number of nitrogens with two attached hydrogens (primary N) is 2. The molecule has 137 heavy (non-hydrogen) atoms. The van der Waals surface area contributed by atoms with Gasteiger partial charge in [0.15, 0.2) is 69.0 Å². The zero-order chi connectivity index (χ0) is 98.6. The maximum absolute atomic E-state index is 9.03. The quantitative estimate of drug-likeness (QED) is 0.00382. The van der Waals surface area contributed by atoms with E-state index in [-0.39, 0.29) is 135 Å². The molecule has 714 valence electrons. The number of rotatable bonds is 33. The molecule has 0 spiro atoms. The summed E-state index contributed by atoms with van der Waals surface area (Å²) in [6.07, 6.45) is 4.26. The van der Waals surface area contributed by atoms with Crippen molar-refractivity contribution in [3.63, 3.8) is 0 Å². The van der Waals surface area contributed by atoms with Gasteiger partial charge >= 0.3 is 103 Å². The Labute approximate surface area is 897 Å². The topological polar surface area (TPSA) is 435 Å². The standard InChI is InChI=1S/C31H34N2O4.C28H32N2O5.C25H22N2O4.C9H8BrNO.C7H8O2.C2H8N2.C2H6O.CH2O3.2K.H/c1-21-14-22(19-36-28-10-8-24(17-30(28)34-2)26-6-4-12-32-26)16-23(15-21)20-37-29-11-9-25(18-31(29)35-3)27-7-5-13-33-27;1-6-33-28(30)23-8-10-25(27(15-23)32-5)35-17-21-12-18(2)11-20(13-21)16-34-24-9-7-22(19(3)29)14-26(24)31-4;1-17-8-20(15-30-22-6-4-18(13-26)11-24(22)28-2)10-21(9-17)16-31-23-7-5-19(14-27)12-25(23)29-3;1-12-9-4-7(6-11)2-3-8(9)5-10;1-5-2-6(8)4-7(9)3-5;3-1-2-4;1-2-3;2-1-4-3;;;/h8-11,14-18H,4-7,12-13,19-20H2,1-3H3;7-15,29-30H,6,16-17H2,1-5H3;4-12H,15-16H2,1-3H3;2-4H,5H2,1H3;2-4,8-9H,1H3;1-4H2;3H,2H2,1H3;1,3H;;;/q;;;;;;;;2*+1;-1/p-1. The Morgan fingerprint density at radius 3 is 0.993 bits per heavy atom. The van der Waals surface area contributed by atoms with E-state index in [2.05, 4.69) is 98.4 Å². The number of nitrogens with zero attached hydrogens (tertiary/aromatic N) is 5. The Morgan fingerprint density at radius 2 is 0.715 bits per heavy atom. The second-order valence-corrected chi connectivity index (χ2v) is 30.3. The van der Waals surface area contributed by atoms with E-state index < -0.39 is 0 Å². The van der Waals surface area contributed by atoms with Crippen LogP contribution in [0.2, 0.25) is 0 Å². The predicted octanol–water partition coefficient (Wildman–Crippen LogP) is 12.5. The first-order valence-corrected chi connectivity index (χ1v) is 44.0. The maximum atomic E-state index is 9.03. The SMILES string of the molecule is CCO.CCOC(=N)c1ccc(OCc2cc(C)cc(COc3ccc(C(C)=N)cc3OC)c2)c(OC)c1.COc1cc(C#N)ccc1CBr.COc1cc(C#N)ccc1OCc1cc(C)cc(COc2ccc(C#N)cc2OC)c1.COc1cc(C2=NCCC2)ccc1OCc1cc(C)cc(COc2ccc(C3=NCCC3)cc2OC)c1.Cc1cc(O)cc(O)c1.NCCN.O=CO[O-].[H-].[K+].[K+]. The fourth-order valence-corrected chi connectivity index (χ4v) is 13.8. The number of ether oxygens (including phenoxy) is 14. The fourth-order valence-electron chi connectivity index (χ4n) is 13.3. The van der Waals surface area contributed by atoms with Gasteiger partial charge in [-0.15, -0.1) is 0 Å². The number of nitriles is 3. The molecular weight excluding hydrogens is 1870 g/mol. The molecule has 2 aliphatic heterocycles. The largest absolute Gasteiger partial charge is 1.00 e. The molecule has 0 fully saturated rings. The Bertz CT molecular complexity index is 5650. The smallest absolute Gasteiger partial charge is 1.00 e. The van der Waals surface area contributed by atoms with Crippen LogP contribution in [0.15, 0.2) is 210 Å². The second kappa shape index (κ2) is 65.3. The van der Waals surface area contributed by atoms with Gasteiger partial charge < -0.3 is 110 Å². The molecule has 0 bridgehead atoms. The number of aliphatic hydroxyl groups excluding tert-OH is 1. The number of hydrogen-bond acceptors (Lipinski definition) is 29. The van der Waals surface area contributed by atoms with E-state index in [0.717, 1.165) is 162 Å². The summed E-state index contributed by atoms with van der Waals surface area (Å²) in [6.45, 7) is 19.0. The van der Waals surface area contributed by atoms with E-state index in [9.17, 15) is 0 Å². The van der Waals surface area contributed by atoms with Gasteiger partial charge in [-0.05, 0) is 269 Å². The summed E-state index contributed by atoms with van der Waals surface area (Å²) in [6, 6.07) is 67.8. The average molecular weight is 1990 g/mol. The van der Waals surface area contributed by atoms with E-state index in [1.165, 1.54) is 6.07 Å². The van der Waals surface area contributed by atoms with Gasteiger partial charge in [-0.2, -0.15) is 15.8 Å². The number of phenolic OH excluding ortho intramolecular Hbond substituents is 2. The molecule has 29 nitrogen and oxygen atoms in total. The molecule has 0 atom stereocenters. The molecule has 0 radical (unpaired) electrons. The van der Waals surface area contributed by atoms with E-state index in [1.807, 2.05) is 93.6 Å². The summed E-state index contributed by atoms with van der Waals surface area (Å²) >= 11 is 3.33. The molecule has 11 aromatic carbocycles. The summed E-state index contributed by atoms with van der Waals surface area (Å²) in [4.78, 5) is 20.4. The van der Waals surface area contributed by atoms with Crippen molar-refractivity contribution in [3.8, 4) is 104 Å². The molecule has 0 saturated heterocycles. The van der Waals surface area contributed by atoms with Crippen LogP contribution in [-0.4, -0.2) is 134 Å². The van der Waals surface area contributed by atoms with Crippen molar-refractivity contribution in [2.75, 3.05) is 89.2 Å². The van der Waals surface area contributed by atoms with Crippen LogP contribution in [0.1, 0.15) is 148 Å². The van der Waals surface area contributed by atoms with E-state index in [0.29, 0.717) is 133 Å². The number of nitrogens with one attached hydrogen (secondary N) is 2. The van der Waals surface area contributed by atoms with Gasteiger partial charge in [0, 0.05) is 84.6 Å². The molecule has 11 aromatic rings. The van der Waals surface area contributed by atoms with Crippen molar-refractivity contribution in [3.05, 3.63) is 300 Å². The van der Waals surface area contributed by atoms with Crippen LogP contribution in [0.3, 0.4) is 0 Å². The van der Waals surface area contributed by atoms with Crippen LogP contribution in [0, 0.1) is 72.5 Å². The first-order valence-electron chi connectivity index (χ1n) is 42.9. The van der Waals surface area contributed by atoms with Gasteiger partial charge in [-0.3, -0.25) is 20.2 Å². The van der Waals surface area contributed by atoms with Crippen molar-refractivity contribution in [2.45, 2.75) is 119 Å². The molecule has 9 N–H and O–H groups in total. The number of aliphatic imine (C=N–C) groups is 2. The summed E-state index contributed by atoms with van der Waals surface area (Å²) in [5.74, 6) is 8.48. The number of aromatic hydroxyl groups is 2. The Balaban J connectivity index is 0.000000454. The normalized spacial score (nSPS) is 10.8. The fraction of sp³-hybridized carbons (Fsp3) is 0.295. The summed E-state index contributed by atoms with van der Waals surface area (Å²) < 4.78 is 79.4. The van der Waals surface area contributed by atoms with Gasteiger partial charge in [0.2, 0.25) is 5.90 Å². The number of alkyl halides is 1. The molecule has 2 aliphatic rings. The number of carbonyl (C=O) groups is 1. The Hall–Kier alpha value is -11.6. The number of halogens is 1. The number of aliphatic hydroxyl groups is 1. The number of benzene rings is 11. The third kappa shape index (κ3) is 40.6. The summed E-state index contributed by atoms with van der Waals surface area (Å²) in [5, 5.41) is 76.8. The minimum absolute atomic E-state index is 0. The zero-order valence-corrected chi connectivity index (χ0v) is 88.5. The van der Waals surface area contributed by atoms with Crippen molar-refractivity contribution in [1.29, 1.82) is 26.6 Å². The molecule has 0 unspecified atom stereocenters. The number of hydrogen-bond donors (Lipinski definition) is 7. The van der Waals surface area contributed by atoms with Gasteiger partial charge in [-0.1, -0.05) is 75.1 Å². The molecular formula is C105H120BrK2N9O20. The molecule has 0 saturated carbocycles. The van der Waals surface area contributed by atoms with Crippen molar-refractivity contribution in [1.82, 2.24) is 0 Å². The Morgan fingerprint density at radius 1 is 0.431 bits per heavy atom. The van der Waals surface area contributed by atoms with Crippen molar-refractivity contribution < 1.29 is 201 Å². The number of methoxy groups -OCH3 is 7. The van der Waals surface area contributed by atoms with E-state index in [1.54, 1.807) is 149 Å². The van der Waals surface area contributed by atoms with Crippen LogP contribution >= 0.6 is 15.9 Å². The van der Waals surface area contributed by atoms with Gasteiger partial charge in [0.05, 0.1) is 91.3 Å². The average Bonchev–Trinajstić information content (AvgIpc) is 1.57. The number of phenols is 2. The van der Waals surface area contributed by atoms with Crippen LogP contribution < -0.4 is 181 Å².